The lowest BCUT2D eigenvalue weighted by Gasteiger charge is -2.08. The molecule has 0 aliphatic carbocycles. The molecule has 9 heteroatoms. The number of aromatic hydroxyl groups is 1. The number of aromatic nitrogens is 2. The van der Waals surface area contributed by atoms with E-state index in [1.165, 1.54) is 18.2 Å². The zero-order valence-electron chi connectivity index (χ0n) is 12.6. The normalized spacial score (nSPS) is 10.6. The Morgan fingerprint density at radius 1 is 1.12 bits per heavy atom. The number of anilines is 1. The van der Waals surface area contributed by atoms with Crippen molar-refractivity contribution in [2.75, 3.05) is 11.9 Å². The van der Waals surface area contributed by atoms with Gasteiger partial charge in [-0.2, -0.15) is 0 Å². The molecule has 1 aromatic heterocycles. The van der Waals surface area contributed by atoms with Gasteiger partial charge in [0.25, 0.3) is 5.91 Å². The molecule has 0 fully saturated rings. The highest BCUT2D eigenvalue weighted by atomic mass is 35.5. The summed E-state index contributed by atoms with van der Waals surface area (Å²) in [5.41, 5.74) is 1.12. The molecule has 0 aliphatic rings. The predicted octanol–water partition coefficient (Wildman–Crippen LogP) is 2.01. The number of phenols is 1. The summed E-state index contributed by atoms with van der Waals surface area (Å²) in [5, 5.41) is 12.5. The number of benzene rings is 2. The molecule has 0 unspecified atom stereocenters. The summed E-state index contributed by atoms with van der Waals surface area (Å²) in [7, 11) is 0. The second-order valence-electron chi connectivity index (χ2n) is 5.13. The van der Waals surface area contributed by atoms with E-state index in [0.717, 1.165) is 0 Å². The van der Waals surface area contributed by atoms with Crippen molar-refractivity contribution in [1.29, 1.82) is 0 Å². The van der Waals surface area contributed by atoms with Crippen LogP contribution in [0.4, 0.5) is 5.69 Å². The number of aromatic amines is 2. The highest BCUT2D eigenvalue weighted by Gasteiger charge is 2.15. The van der Waals surface area contributed by atoms with E-state index in [2.05, 4.69) is 15.3 Å². The first-order valence-electron chi connectivity index (χ1n) is 7.10. The van der Waals surface area contributed by atoms with Gasteiger partial charge in [0, 0.05) is 10.7 Å². The minimum atomic E-state index is -0.852. The van der Waals surface area contributed by atoms with Gasteiger partial charge in [0.05, 0.1) is 11.0 Å². The van der Waals surface area contributed by atoms with Crippen molar-refractivity contribution in [1.82, 2.24) is 9.97 Å². The number of rotatable bonds is 4. The first-order valence-corrected chi connectivity index (χ1v) is 7.48. The molecule has 0 radical (unpaired) electrons. The number of imidazole rings is 1. The zero-order valence-corrected chi connectivity index (χ0v) is 13.4. The van der Waals surface area contributed by atoms with E-state index >= 15 is 0 Å². The second-order valence-corrected chi connectivity index (χ2v) is 5.56. The smallest absolute Gasteiger partial charge is 0.342 e. The molecular formula is C16H12ClN3O5. The van der Waals surface area contributed by atoms with Gasteiger partial charge >= 0.3 is 11.7 Å². The Hall–Kier alpha value is -3.26. The lowest BCUT2D eigenvalue weighted by atomic mass is 10.2. The molecule has 1 heterocycles. The summed E-state index contributed by atoms with van der Waals surface area (Å²) in [5.74, 6) is -1.76. The van der Waals surface area contributed by atoms with Gasteiger partial charge in [0.2, 0.25) is 0 Å². The SMILES string of the molecule is O=C(COC(=O)c1ccc(Cl)cc1O)Nc1ccc2[nH]c(=O)[nH]c2c1. The molecule has 4 N–H and O–H groups in total. The first kappa shape index (κ1) is 16.6. The van der Waals surface area contributed by atoms with Crippen LogP contribution < -0.4 is 11.0 Å². The van der Waals surface area contributed by atoms with Gasteiger partial charge in [-0.15, -0.1) is 0 Å². The van der Waals surface area contributed by atoms with Crippen LogP contribution in [0.25, 0.3) is 11.0 Å². The Labute approximate surface area is 145 Å². The number of fused-ring (bicyclic) bond motifs is 1. The van der Waals surface area contributed by atoms with E-state index in [4.69, 9.17) is 16.3 Å². The summed E-state index contributed by atoms with van der Waals surface area (Å²) in [6.07, 6.45) is 0. The third kappa shape index (κ3) is 3.81. The third-order valence-electron chi connectivity index (χ3n) is 3.31. The second kappa shape index (κ2) is 6.70. The topological polar surface area (TPSA) is 124 Å². The number of hydrogen-bond donors (Lipinski definition) is 4. The average molecular weight is 362 g/mol. The van der Waals surface area contributed by atoms with Crippen molar-refractivity contribution < 1.29 is 19.4 Å². The van der Waals surface area contributed by atoms with Gasteiger partial charge in [-0.25, -0.2) is 9.59 Å². The van der Waals surface area contributed by atoms with Crippen LogP contribution in [0.1, 0.15) is 10.4 Å². The fourth-order valence-corrected chi connectivity index (χ4v) is 2.36. The molecule has 8 nitrogen and oxygen atoms in total. The highest BCUT2D eigenvalue weighted by molar-refractivity contribution is 6.30. The van der Waals surface area contributed by atoms with Crippen molar-refractivity contribution in [3.05, 3.63) is 57.5 Å². The molecule has 0 aliphatic heterocycles. The summed E-state index contributed by atoms with van der Waals surface area (Å²) in [4.78, 5) is 40.1. The van der Waals surface area contributed by atoms with Crippen molar-refractivity contribution >= 4 is 40.2 Å². The standard InChI is InChI=1S/C16H12ClN3O5/c17-8-1-3-10(13(21)5-8)15(23)25-7-14(22)18-9-2-4-11-12(6-9)20-16(24)19-11/h1-6,21H,7H2,(H,18,22)(H2,19,20,24). The van der Waals surface area contributed by atoms with Crippen LogP contribution in [0.2, 0.25) is 5.02 Å². The molecule has 3 aromatic rings. The first-order chi connectivity index (χ1) is 11.9. The summed E-state index contributed by atoms with van der Waals surface area (Å²) in [6, 6.07) is 8.71. The maximum Gasteiger partial charge on any atom is 0.342 e. The van der Waals surface area contributed by atoms with Crippen LogP contribution in [-0.4, -0.2) is 33.6 Å². The fourth-order valence-electron chi connectivity index (χ4n) is 2.19. The van der Waals surface area contributed by atoms with Crippen LogP contribution in [0.15, 0.2) is 41.2 Å². The number of nitrogens with one attached hydrogen (secondary N) is 3. The van der Waals surface area contributed by atoms with Gasteiger partial charge in [0.1, 0.15) is 11.3 Å². The molecular weight excluding hydrogens is 350 g/mol. The molecule has 0 bridgehead atoms. The molecule has 0 saturated carbocycles. The van der Waals surface area contributed by atoms with Crippen LogP contribution in [0, 0.1) is 0 Å². The van der Waals surface area contributed by atoms with Gasteiger partial charge in [-0.05, 0) is 36.4 Å². The Bertz CT molecular complexity index is 1020. The number of carbonyl (C=O) groups excluding carboxylic acids is 2. The Balaban J connectivity index is 1.61. The monoisotopic (exact) mass is 361 g/mol. The maximum atomic E-state index is 11.9. The fraction of sp³-hybridized carbons (Fsp3) is 0.0625. The van der Waals surface area contributed by atoms with Crippen LogP contribution in [0.5, 0.6) is 5.75 Å². The van der Waals surface area contributed by atoms with Gasteiger partial charge < -0.3 is 25.1 Å². The zero-order chi connectivity index (χ0) is 18.0. The molecule has 0 atom stereocenters. The lowest BCUT2D eigenvalue weighted by molar-refractivity contribution is -0.119. The Kier molecular flexibility index (Phi) is 4.44. The number of phenolic OH excluding ortho intramolecular Hbond substituents is 1. The Morgan fingerprint density at radius 2 is 1.88 bits per heavy atom. The molecule has 25 heavy (non-hydrogen) atoms. The minimum absolute atomic E-state index is 0.0940. The van der Waals surface area contributed by atoms with E-state index in [-0.39, 0.29) is 22.0 Å². The predicted molar refractivity (Wildman–Crippen MR) is 90.9 cm³/mol. The summed E-state index contributed by atoms with van der Waals surface area (Å²) >= 11 is 5.68. The third-order valence-corrected chi connectivity index (χ3v) is 3.55. The van der Waals surface area contributed by atoms with Gasteiger partial charge in [-0.3, -0.25) is 4.79 Å². The largest absolute Gasteiger partial charge is 0.507 e. The Morgan fingerprint density at radius 3 is 2.64 bits per heavy atom. The van der Waals surface area contributed by atoms with E-state index < -0.39 is 18.5 Å². The van der Waals surface area contributed by atoms with Crippen molar-refractivity contribution in [2.24, 2.45) is 0 Å². The number of esters is 1. The van der Waals surface area contributed by atoms with E-state index in [0.29, 0.717) is 16.7 Å². The molecule has 2 aromatic carbocycles. The highest BCUT2D eigenvalue weighted by Crippen LogP contribution is 2.22. The van der Waals surface area contributed by atoms with E-state index in [1.807, 2.05) is 0 Å². The minimum Gasteiger partial charge on any atom is -0.507 e. The van der Waals surface area contributed by atoms with Gasteiger partial charge in [0.15, 0.2) is 6.61 Å². The number of hydrogen-bond acceptors (Lipinski definition) is 5. The number of H-pyrrole nitrogens is 2. The van der Waals surface area contributed by atoms with Crippen LogP contribution >= 0.6 is 11.6 Å². The number of ether oxygens (including phenoxy) is 1. The summed E-state index contributed by atoms with van der Waals surface area (Å²) in [6.45, 7) is -0.539. The molecule has 3 rings (SSSR count). The van der Waals surface area contributed by atoms with E-state index in [9.17, 15) is 19.5 Å². The number of carbonyl (C=O) groups is 2. The van der Waals surface area contributed by atoms with Crippen LogP contribution in [-0.2, 0) is 9.53 Å². The average Bonchev–Trinajstić information content (AvgIpc) is 2.92. The van der Waals surface area contributed by atoms with Crippen molar-refractivity contribution in [3.63, 3.8) is 0 Å². The number of amides is 1. The van der Waals surface area contributed by atoms with Crippen molar-refractivity contribution in [2.45, 2.75) is 0 Å². The maximum absolute atomic E-state index is 11.9. The summed E-state index contributed by atoms with van der Waals surface area (Å²) < 4.78 is 4.86. The molecule has 128 valence electrons. The van der Waals surface area contributed by atoms with E-state index in [1.54, 1.807) is 18.2 Å². The lowest BCUT2D eigenvalue weighted by Crippen LogP contribution is -2.21. The molecule has 0 saturated heterocycles. The molecule has 0 spiro atoms. The molecule has 1 amide bonds. The number of halogens is 1. The quantitative estimate of drug-likeness (QED) is 0.529. The van der Waals surface area contributed by atoms with Crippen LogP contribution in [0.3, 0.4) is 0 Å². The van der Waals surface area contributed by atoms with Crippen molar-refractivity contribution in [3.8, 4) is 5.75 Å². The van der Waals surface area contributed by atoms with Gasteiger partial charge in [-0.1, -0.05) is 11.6 Å².